The Morgan fingerprint density at radius 1 is 1.48 bits per heavy atom. The number of halogens is 1. The molecule has 0 aliphatic carbocycles. The van der Waals surface area contributed by atoms with Gasteiger partial charge >= 0.3 is 0 Å². The lowest BCUT2D eigenvalue weighted by atomic mass is 10.1. The quantitative estimate of drug-likeness (QED) is 0.920. The van der Waals surface area contributed by atoms with Crippen LogP contribution in [0.4, 0.5) is 4.39 Å². The average molecular weight is 317 g/mol. The number of benzene rings is 1. The molecule has 5 nitrogen and oxygen atoms in total. The molecule has 0 saturated heterocycles. The van der Waals surface area contributed by atoms with Crippen molar-refractivity contribution in [3.63, 3.8) is 0 Å². The number of hydrogen-bond donors (Lipinski definition) is 1. The molecule has 1 N–H and O–H groups in total. The highest BCUT2D eigenvalue weighted by Gasteiger charge is 2.29. The van der Waals surface area contributed by atoms with E-state index in [0.29, 0.717) is 31.2 Å². The van der Waals surface area contributed by atoms with Gasteiger partial charge in [-0.15, -0.1) is 0 Å². The van der Waals surface area contributed by atoms with Crippen LogP contribution in [-0.2, 0) is 17.6 Å². The van der Waals surface area contributed by atoms with E-state index in [0.717, 1.165) is 11.3 Å². The minimum Gasteiger partial charge on any atom is -0.480 e. The molecule has 0 fully saturated rings. The molecular formula is C17H20FN3O2. The van der Waals surface area contributed by atoms with E-state index in [1.165, 1.54) is 12.1 Å². The summed E-state index contributed by atoms with van der Waals surface area (Å²) in [4.78, 5) is 12.1. The molecule has 1 aromatic heterocycles. The number of amides is 1. The molecule has 6 heteroatoms. The lowest BCUT2D eigenvalue weighted by Gasteiger charge is -2.10. The normalized spacial score (nSPS) is 16.3. The van der Waals surface area contributed by atoms with Gasteiger partial charge in [0.15, 0.2) is 6.10 Å². The van der Waals surface area contributed by atoms with Gasteiger partial charge < -0.3 is 10.1 Å². The molecule has 0 spiro atoms. The molecule has 0 unspecified atom stereocenters. The van der Waals surface area contributed by atoms with Crippen LogP contribution in [0.2, 0.25) is 0 Å². The van der Waals surface area contributed by atoms with Crippen molar-refractivity contribution >= 4 is 5.91 Å². The van der Waals surface area contributed by atoms with E-state index in [1.54, 1.807) is 6.07 Å². The summed E-state index contributed by atoms with van der Waals surface area (Å²) < 4.78 is 20.6. The fraction of sp³-hybridized carbons (Fsp3) is 0.412. The number of rotatable bonds is 5. The van der Waals surface area contributed by atoms with E-state index in [4.69, 9.17) is 4.74 Å². The summed E-state index contributed by atoms with van der Waals surface area (Å²) in [5.41, 5.74) is 1.68. The van der Waals surface area contributed by atoms with Gasteiger partial charge in [-0.25, -0.2) is 4.39 Å². The number of fused-ring (bicyclic) bond motifs is 1. The Morgan fingerprint density at radius 3 is 3.04 bits per heavy atom. The highest BCUT2D eigenvalue weighted by molar-refractivity contribution is 5.82. The molecule has 122 valence electrons. The second-order valence-electron chi connectivity index (χ2n) is 5.98. The second-order valence-corrected chi connectivity index (χ2v) is 5.98. The van der Waals surface area contributed by atoms with Crippen LogP contribution in [0.5, 0.6) is 5.75 Å². The molecule has 0 bridgehead atoms. The van der Waals surface area contributed by atoms with Gasteiger partial charge in [-0.1, -0.05) is 0 Å². The van der Waals surface area contributed by atoms with Gasteiger partial charge in [0.2, 0.25) is 0 Å². The topological polar surface area (TPSA) is 56.2 Å². The van der Waals surface area contributed by atoms with Gasteiger partial charge in [0.25, 0.3) is 5.91 Å². The van der Waals surface area contributed by atoms with Crippen LogP contribution in [-0.4, -0.2) is 28.3 Å². The summed E-state index contributed by atoms with van der Waals surface area (Å²) in [6, 6.07) is 6.60. The van der Waals surface area contributed by atoms with Crippen molar-refractivity contribution in [2.24, 2.45) is 0 Å². The summed E-state index contributed by atoms with van der Waals surface area (Å²) in [7, 11) is 0. The molecule has 1 aliphatic heterocycles. The summed E-state index contributed by atoms with van der Waals surface area (Å²) in [6.45, 7) is 4.63. The standard InChI is InChI=1S/C17H20FN3O2/c1-11(2)21-8-6-14(20-21)5-7-19-17(22)16-10-12-9-13(18)3-4-15(12)23-16/h3-4,6,8-9,11,16H,5,7,10H2,1-2H3,(H,19,22)/t16-/m1/s1. The lowest BCUT2D eigenvalue weighted by Crippen LogP contribution is -2.38. The molecule has 0 radical (unpaired) electrons. The summed E-state index contributed by atoms with van der Waals surface area (Å²) in [5.74, 6) is 0.0984. The number of aromatic nitrogens is 2. The Morgan fingerprint density at radius 2 is 2.30 bits per heavy atom. The molecular weight excluding hydrogens is 297 g/mol. The molecule has 1 aliphatic rings. The Balaban J connectivity index is 1.49. The first-order chi connectivity index (χ1) is 11.0. The molecule has 2 heterocycles. The minimum absolute atomic E-state index is 0.176. The first-order valence-electron chi connectivity index (χ1n) is 7.80. The number of nitrogens with zero attached hydrogens (tertiary/aromatic N) is 2. The highest BCUT2D eigenvalue weighted by Crippen LogP contribution is 2.29. The van der Waals surface area contributed by atoms with Crippen LogP contribution in [0.3, 0.4) is 0 Å². The van der Waals surface area contributed by atoms with Gasteiger partial charge in [-0.05, 0) is 38.1 Å². The van der Waals surface area contributed by atoms with Crippen LogP contribution in [0.25, 0.3) is 0 Å². The van der Waals surface area contributed by atoms with E-state index in [2.05, 4.69) is 24.3 Å². The van der Waals surface area contributed by atoms with Crippen molar-refractivity contribution < 1.29 is 13.9 Å². The van der Waals surface area contributed by atoms with E-state index < -0.39 is 6.10 Å². The van der Waals surface area contributed by atoms with Crippen molar-refractivity contribution in [1.82, 2.24) is 15.1 Å². The van der Waals surface area contributed by atoms with Crippen molar-refractivity contribution in [2.75, 3.05) is 6.54 Å². The fourth-order valence-electron chi connectivity index (χ4n) is 2.59. The Kier molecular flexibility index (Phi) is 4.32. The molecule has 1 aromatic carbocycles. The molecule has 1 amide bonds. The van der Waals surface area contributed by atoms with Gasteiger partial charge in [0.1, 0.15) is 11.6 Å². The maximum absolute atomic E-state index is 13.2. The predicted molar refractivity (Wildman–Crippen MR) is 83.8 cm³/mol. The van der Waals surface area contributed by atoms with Crippen LogP contribution in [0.15, 0.2) is 30.5 Å². The predicted octanol–water partition coefficient (Wildman–Crippen LogP) is 2.27. The van der Waals surface area contributed by atoms with Crippen LogP contribution < -0.4 is 10.1 Å². The van der Waals surface area contributed by atoms with Crippen LogP contribution in [0.1, 0.15) is 31.1 Å². The Labute approximate surface area is 134 Å². The number of ether oxygens (including phenoxy) is 1. The number of nitrogens with one attached hydrogen (secondary N) is 1. The van der Waals surface area contributed by atoms with Crippen molar-refractivity contribution in [3.8, 4) is 5.75 Å². The van der Waals surface area contributed by atoms with Gasteiger partial charge in [-0.2, -0.15) is 5.10 Å². The number of hydrogen-bond acceptors (Lipinski definition) is 3. The first kappa shape index (κ1) is 15.5. The zero-order chi connectivity index (χ0) is 16.4. The van der Waals surface area contributed by atoms with Crippen molar-refractivity contribution in [3.05, 3.63) is 47.5 Å². The largest absolute Gasteiger partial charge is 0.480 e. The van der Waals surface area contributed by atoms with Gasteiger partial charge in [0, 0.05) is 37.2 Å². The Bertz CT molecular complexity index is 712. The number of carbonyl (C=O) groups is 1. The van der Waals surface area contributed by atoms with Gasteiger partial charge in [0.05, 0.1) is 5.69 Å². The smallest absolute Gasteiger partial charge is 0.261 e. The average Bonchev–Trinajstić information content (AvgIpc) is 3.13. The van der Waals surface area contributed by atoms with Crippen molar-refractivity contribution in [1.29, 1.82) is 0 Å². The second kappa shape index (κ2) is 6.40. The zero-order valence-electron chi connectivity index (χ0n) is 13.3. The fourth-order valence-corrected chi connectivity index (χ4v) is 2.59. The van der Waals surface area contributed by atoms with Crippen LogP contribution >= 0.6 is 0 Å². The molecule has 2 aromatic rings. The highest BCUT2D eigenvalue weighted by atomic mass is 19.1. The monoisotopic (exact) mass is 317 g/mol. The zero-order valence-corrected chi connectivity index (χ0v) is 13.3. The third-order valence-electron chi connectivity index (χ3n) is 3.86. The maximum atomic E-state index is 13.2. The molecule has 0 saturated carbocycles. The maximum Gasteiger partial charge on any atom is 0.261 e. The SMILES string of the molecule is CC(C)n1ccc(CCNC(=O)[C@H]2Cc3cc(F)ccc3O2)n1. The van der Waals surface area contributed by atoms with E-state index >= 15 is 0 Å². The number of carbonyl (C=O) groups excluding carboxylic acids is 1. The van der Waals surface area contributed by atoms with E-state index in [-0.39, 0.29) is 11.7 Å². The summed E-state index contributed by atoms with van der Waals surface area (Å²) in [6.07, 6.45) is 2.42. The van der Waals surface area contributed by atoms with E-state index in [1.807, 2.05) is 16.9 Å². The molecule has 3 rings (SSSR count). The molecule has 1 atom stereocenters. The molecule has 23 heavy (non-hydrogen) atoms. The lowest BCUT2D eigenvalue weighted by molar-refractivity contribution is -0.127. The van der Waals surface area contributed by atoms with Crippen molar-refractivity contribution in [2.45, 2.75) is 38.8 Å². The third kappa shape index (κ3) is 3.52. The third-order valence-corrected chi connectivity index (χ3v) is 3.86. The first-order valence-corrected chi connectivity index (χ1v) is 7.80. The summed E-state index contributed by atoms with van der Waals surface area (Å²) in [5, 5.41) is 7.29. The minimum atomic E-state index is -0.583. The summed E-state index contributed by atoms with van der Waals surface area (Å²) >= 11 is 0. The Hall–Kier alpha value is -2.37. The van der Waals surface area contributed by atoms with Gasteiger partial charge in [-0.3, -0.25) is 9.48 Å². The van der Waals surface area contributed by atoms with Crippen LogP contribution in [0, 0.1) is 5.82 Å². The van der Waals surface area contributed by atoms with E-state index in [9.17, 15) is 9.18 Å².